The van der Waals surface area contributed by atoms with Gasteiger partial charge in [-0.3, -0.25) is 4.79 Å². The Hall–Kier alpha value is -2.32. The molecule has 7 nitrogen and oxygen atoms in total. The van der Waals surface area contributed by atoms with Gasteiger partial charge >= 0.3 is 5.97 Å². The monoisotopic (exact) mass is 510 g/mol. The molecule has 0 spiro atoms. The van der Waals surface area contributed by atoms with Gasteiger partial charge in [-0.25, -0.2) is 4.79 Å². The summed E-state index contributed by atoms with van der Waals surface area (Å²) in [6.07, 6.45) is 5.37. The van der Waals surface area contributed by atoms with E-state index in [1.165, 1.54) is 13.0 Å². The lowest BCUT2D eigenvalue weighted by Gasteiger charge is -2.67. The average molecular weight is 511 g/mol. The molecule has 3 saturated carbocycles. The number of esters is 1. The largest absolute Gasteiger partial charge is 0.458 e. The van der Waals surface area contributed by atoms with Gasteiger partial charge in [-0.05, 0) is 75.8 Å². The number of aliphatic hydroxyl groups is 4. The minimum Gasteiger partial charge on any atom is -0.458 e. The molecule has 0 radical (unpaired) electrons. The predicted octanol–water partition coefficient (Wildman–Crippen LogP) is 3.10. The highest BCUT2D eigenvalue weighted by atomic mass is 16.5. The van der Waals surface area contributed by atoms with Gasteiger partial charge in [-0.1, -0.05) is 48.9 Å². The van der Waals surface area contributed by atoms with Crippen LogP contribution in [0.4, 0.5) is 0 Å². The lowest BCUT2D eigenvalue weighted by atomic mass is 9.42. The van der Waals surface area contributed by atoms with Gasteiger partial charge in [-0.15, -0.1) is 0 Å². The maximum Gasteiger partial charge on any atom is 0.331 e. The zero-order valence-corrected chi connectivity index (χ0v) is 21.8. The molecule has 4 aliphatic carbocycles. The average Bonchev–Trinajstić information content (AvgIpc) is 3.10. The SMILES string of the molecule is CC(=O)C1(O)CCC2(O)C3(O)CC=C4CC(O)CCC4(C)C3CC(OC(=O)/C=C/c3ccccc3)C12C. The molecule has 0 amide bonds. The van der Waals surface area contributed by atoms with E-state index in [0.29, 0.717) is 19.3 Å². The summed E-state index contributed by atoms with van der Waals surface area (Å²) in [6.45, 7) is 4.91. The highest BCUT2D eigenvalue weighted by Crippen LogP contribution is 2.70. The molecule has 7 heteroatoms. The lowest BCUT2D eigenvalue weighted by molar-refractivity contribution is -0.314. The number of ether oxygens (including phenoxy) is 1. The molecular weight excluding hydrogens is 472 g/mol. The second-order valence-corrected chi connectivity index (χ2v) is 12.1. The molecule has 0 heterocycles. The molecule has 1 aromatic rings. The fourth-order valence-electron chi connectivity index (χ4n) is 8.28. The van der Waals surface area contributed by atoms with E-state index >= 15 is 0 Å². The van der Waals surface area contributed by atoms with E-state index in [4.69, 9.17) is 4.74 Å². The van der Waals surface area contributed by atoms with E-state index in [1.54, 1.807) is 13.0 Å². The number of benzene rings is 1. The number of rotatable bonds is 4. The van der Waals surface area contributed by atoms with Crippen LogP contribution in [0, 0.1) is 16.7 Å². The van der Waals surface area contributed by atoms with Crippen molar-refractivity contribution < 1.29 is 34.8 Å². The van der Waals surface area contributed by atoms with Crippen LogP contribution in [0.5, 0.6) is 0 Å². The molecule has 1 aromatic carbocycles. The zero-order chi connectivity index (χ0) is 26.9. The Balaban J connectivity index is 1.58. The maximum absolute atomic E-state index is 13.1. The van der Waals surface area contributed by atoms with Crippen molar-refractivity contribution in [2.24, 2.45) is 16.7 Å². The van der Waals surface area contributed by atoms with Crippen molar-refractivity contribution in [2.75, 3.05) is 0 Å². The fraction of sp³-hybridized carbons (Fsp3) is 0.600. The Labute approximate surface area is 217 Å². The summed E-state index contributed by atoms with van der Waals surface area (Å²) < 4.78 is 6.00. The van der Waals surface area contributed by atoms with E-state index in [-0.39, 0.29) is 25.7 Å². The van der Waals surface area contributed by atoms with Crippen LogP contribution in [0.25, 0.3) is 6.08 Å². The summed E-state index contributed by atoms with van der Waals surface area (Å²) in [5.41, 5.74) is -5.76. The molecule has 3 fully saturated rings. The van der Waals surface area contributed by atoms with E-state index in [9.17, 15) is 30.0 Å². The molecular formula is C30H38O7. The molecule has 0 aromatic heterocycles. The van der Waals surface area contributed by atoms with Gasteiger partial charge in [0.25, 0.3) is 0 Å². The van der Waals surface area contributed by atoms with Crippen LogP contribution < -0.4 is 0 Å². The molecule has 37 heavy (non-hydrogen) atoms. The number of hydrogen-bond acceptors (Lipinski definition) is 7. The summed E-state index contributed by atoms with van der Waals surface area (Å²) in [7, 11) is 0. The van der Waals surface area contributed by atoms with Crippen molar-refractivity contribution >= 4 is 17.8 Å². The van der Waals surface area contributed by atoms with Crippen LogP contribution in [-0.4, -0.2) is 61.2 Å². The Bertz CT molecular complexity index is 1160. The Kier molecular flexibility index (Phi) is 6.11. The zero-order valence-electron chi connectivity index (χ0n) is 21.8. The van der Waals surface area contributed by atoms with Gasteiger partial charge < -0.3 is 25.2 Å². The van der Waals surface area contributed by atoms with Crippen LogP contribution in [-0.2, 0) is 14.3 Å². The van der Waals surface area contributed by atoms with Crippen LogP contribution in [0.1, 0.15) is 71.3 Å². The minimum absolute atomic E-state index is 0.00234. The molecule has 0 saturated heterocycles. The quantitative estimate of drug-likeness (QED) is 0.279. The Morgan fingerprint density at radius 2 is 1.76 bits per heavy atom. The first-order valence-corrected chi connectivity index (χ1v) is 13.3. The molecule has 8 unspecified atom stereocenters. The predicted molar refractivity (Wildman–Crippen MR) is 137 cm³/mol. The van der Waals surface area contributed by atoms with Crippen molar-refractivity contribution in [2.45, 2.75) is 94.7 Å². The topological polar surface area (TPSA) is 124 Å². The third kappa shape index (κ3) is 3.47. The molecule has 0 aliphatic heterocycles. The first kappa shape index (κ1) is 26.3. The van der Waals surface area contributed by atoms with E-state index in [0.717, 1.165) is 11.1 Å². The summed E-state index contributed by atoms with van der Waals surface area (Å²) in [4.78, 5) is 25.9. The fourth-order valence-corrected chi connectivity index (χ4v) is 8.28. The number of carbonyl (C=O) groups excluding carboxylic acids is 2. The van der Waals surface area contributed by atoms with Crippen molar-refractivity contribution in [1.82, 2.24) is 0 Å². The number of Topliss-reactive ketones (excluding diaryl/α,β-unsaturated/α-hetero) is 1. The highest BCUT2D eigenvalue weighted by molar-refractivity contribution is 5.88. The molecule has 8 atom stereocenters. The molecule has 4 N–H and O–H groups in total. The standard InChI is InChI=1S/C30H38O7/c1-19(31)28(34)15-16-30(36)27(28,3)24(37-25(33)10-9-20-7-5-4-6-8-20)18-23-26(2)13-12-22(32)17-21(26)11-14-29(23,30)35/h4-11,22-24,32,34-36H,12-18H2,1-3H3/b10-9+. The first-order chi connectivity index (χ1) is 17.3. The van der Waals surface area contributed by atoms with Gasteiger partial charge in [0.15, 0.2) is 5.78 Å². The van der Waals surface area contributed by atoms with Crippen LogP contribution in [0.2, 0.25) is 0 Å². The van der Waals surface area contributed by atoms with Crippen molar-refractivity contribution in [3.63, 3.8) is 0 Å². The third-order valence-electron chi connectivity index (χ3n) is 10.6. The number of ketones is 1. The first-order valence-electron chi connectivity index (χ1n) is 13.3. The van der Waals surface area contributed by atoms with Crippen molar-refractivity contribution in [3.8, 4) is 0 Å². The van der Waals surface area contributed by atoms with Gasteiger partial charge in [0, 0.05) is 12.0 Å². The second-order valence-electron chi connectivity index (χ2n) is 12.1. The second kappa shape index (κ2) is 8.60. The number of fused-ring (bicyclic) bond motifs is 5. The summed E-state index contributed by atoms with van der Waals surface area (Å²) >= 11 is 0. The maximum atomic E-state index is 13.1. The number of carbonyl (C=O) groups is 2. The van der Waals surface area contributed by atoms with E-state index in [1.807, 2.05) is 43.3 Å². The van der Waals surface area contributed by atoms with Crippen LogP contribution >= 0.6 is 0 Å². The van der Waals surface area contributed by atoms with Crippen molar-refractivity contribution in [3.05, 3.63) is 53.6 Å². The van der Waals surface area contributed by atoms with Gasteiger partial charge in [-0.2, -0.15) is 0 Å². The Morgan fingerprint density at radius 1 is 1.05 bits per heavy atom. The molecule has 0 bridgehead atoms. The summed E-state index contributed by atoms with van der Waals surface area (Å²) in [5.74, 6) is -1.65. The summed E-state index contributed by atoms with van der Waals surface area (Å²) in [6, 6.07) is 9.29. The minimum atomic E-state index is -1.97. The molecule has 200 valence electrons. The number of aliphatic hydroxyl groups excluding tert-OH is 1. The smallest absolute Gasteiger partial charge is 0.331 e. The lowest BCUT2D eigenvalue weighted by Crippen LogP contribution is -2.78. The van der Waals surface area contributed by atoms with Crippen molar-refractivity contribution in [1.29, 1.82) is 0 Å². The highest BCUT2D eigenvalue weighted by Gasteiger charge is 2.81. The summed E-state index contributed by atoms with van der Waals surface area (Å²) in [5, 5.41) is 46.8. The number of hydrogen-bond donors (Lipinski definition) is 4. The van der Waals surface area contributed by atoms with E-state index < -0.39 is 57.5 Å². The van der Waals surface area contributed by atoms with Gasteiger partial charge in [0.05, 0.1) is 11.5 Å². The van der Waals surface area contributed by atoms with Crippen LogP contribution in [0.15, 0.2) is 48.1 Å². The normalized spacial score (nSPS) is 44.9. The molecule has 4 aliphatic rings. The third-order valence-corrected chi connectivity index (χ3v) is 10.6. The molecule has 5 rings (SSSR count). The van der Waals surface area contributed by atoms with Gasteiger partial charge in [0.2, 0.25) is 0 Å². The van der Waals surface area contributed by atoms with Crippen LogP contribution in [0.3, 0.4) is 0 Å². The Morgan fingerprint density at radius 3 is 2.43 bits per heavy atom. The van der Waals surface area contributed by atoms with E-state index in [2.05, 4.69) is 0 Å². The van der Waals surface area contributed by atoms with Gasteiger partial charge in [0.1, 0.15) is 22.9 Å².